The highest BCUT2D eigenvalue weighted by atomic mass is 19.4. The Hall–Kier alpha value is -4.94. The van der Waals surface area contributed by atoms with E-state index in [1.54, 1.807) is 12.1 Å². The molecule has 0 saturated carbocycles. The van der Waals surface area contributed by atoms with E-state index in [2.05, 4.69) is 25.9 Å². The molecule has 10 nitrogen and oxygen atoms in total. The van der Waals surface area contributed by atoms with Gasteiger partial charge >= 0.3 is 12.2 Å². The number of benzene rings is 3. The van der Waals surface area contributed by atoms with Crippen molar-refractivity contribution < 1.29 is 22.9 Å². The number of urea groups is 1. The standard InChI is InChI=1S/C22H15F3N6O4/c23-22(24,25)12-2-1-3-15(10-12)30-21(33)29-14-6-4-13(5-7-14)28-16-8-9-17(31(34)35)19-18(16)20(32)27-11-26-19/h1-11,28H,(H,26,27,32)(H2,29,30,33). The molecule has 0 saturated heterocycles. The van der Waals surface area contributed by atoms with Crippen LogP contribution in [0.1, 0.15) is 5.56 Å². The third kappa shape index (κ3) is 5.19. The van der Waals surface area contributed by atoms with Crippen molar-refractivity contribution in [1.29, 1.82) is 0 Å². The second-order valence-corrected chi connectivity index (χ2v) is 7.20. The Morgan fingerprint density at radius 1 is 0.971 bits per heavy atom. The number of carbonyl (C=O) groups is 1. The van der Waals surface area contributed by atoms with Crippen LogP contribution in [0.5, 0.6) is 0 Å². The molecule has 35 heavy (non-hydrogen) atoms. The lowest BCUT2D eigenvalue weighted by molar-refractivity contribution is -0.383. The van der Waals surface area contributed by atoms with Crippen molar-refractivity contribution in [2.45, 2.75) is 6.18 Å². The summed E-state index contributed by atoms with van der Waals surface area (Å²) in [6, 6.07) is 12.3. The van der Waals surface area contributed by atoms with Crippen molar-refractivity contribution in [2.75, 3.05) is 16.0 Å². The Balaban J connectivity index is 1.48. The minimum absolute atomic E-state index is 0.00404. The molecule has 2 amide bonds. The fraction of sp³-hybridized carbons (Fsp3) is 0.0455. The molecule has 0 fully saturated rings. The average Bonchev–Trinajstić information content (AvgIpc) is 2.80. The normalized spacial score (nSPS) is 11.2. The summed E-state index contributed by atoms with van der Waals surface area (Å²) < 4.78 is 38.5. The molecule has 13 heteroatoms. The van der Waals surface area contributed by atoms with Crippen molar-refractivity contribution in [1.82, 2.24) is 9.97 Å². The number of non-ortho nitro benzene ring substituents is 1. The second-order valence-electron chi connectivity index (χ2n) is 7.20. The molecule has 4 aromatic rings. The molecule has 4 N–H and O–H groups in total. The monoisotopic (exact) mass is 484 g/mol. The van der Waals surface area contributed by atoms with Gasteiger partial charge < -0.3 is 20.9 Å². The van der Waals surface area contributed by atoms with Crippen molar-refractivity contribution in [2.24, 2.45) is 0 Å². The van der Waals surface area contributed by atoms with E-state index in [4.69, 9.17) is 0 Å². The lowest BCUT2D eigenvalue weighted by Crippen LogP contribution is -2.19. The third-order valence-electron chi connectivity index (χ3n) is 4.84. The van der Waals surface area contributed by atoms with Gasteiger partial charge in [0.2, 0.25) is 0 Å². The Kier molecular flexibility index (Phi) is 6.06. The Morgan fingerprint density at radius 3 is 2.34 bits per heavy atom. The molecule has 0 aliphatic rings. The van der Waals surface area contributed by atoms with Crippen molar-refractivity contribution in [3.8, 4) is 0 Å². The topological polar surface area (TPSA) is 142 Å². The Morgan fingerprint density at radius 2 is 1.66 bits per heavy atom. The molecule has 0 unspecified atom stereocenters. The quantitative estimate of drug-likeness (QED) is 0.226. The average molecular weight is 484 g/mol. The molecule has 0 aliphatic carbocycles. The van der Waals surface area contributed by atoms with Crippen LogP contribution in [0, 0.1) is 10.1 Å². The number of H-pyrrole nitrogens is 1. The van der Waals surface area contributed by atoms with E-state index in [-0.39, 0.29) is 28.0 Å². The number of aromatic amines is 1. The summed E-state index contributed by atoms with van der Waals surface area (Å²) in [5.41, 5.74) is -0.761. The maximum absolute atomic E-state index is 12.8. The number of anilines is 4. The highest BCUT2D eigenvalue weighted by molar-refractivity contribution is 6.00. The number of halogens is 3. The Labute approximate surface area is 194 Å². The second kappa shape index (κ2) is 9.13. The fourth-order valence-electron chi connectivity index (χ4n) is 3.28. The molecule has 1 heterocycles. The number of nitro groups is 1. The number of rotatable bonds is 5. The van der Waals surface area contributed by atoms with Crippen LogP contribution in [0.15, 0.2) is 71.8 Å². The van der Waals surface area contributed by atoms with Crippen LogP contribution in [0.4, 0.5) is 46.4 Å². The first-order chi connectivity index (χ1) is 16.6. The first kappa shape index (κ1) is 23.2. The summed E-state index contributed by atoms with van der Waals surface area (Å²) in [6.45, 7) is 0. The van der Waals surface area contributed by atoms with Gasteiger partial charge in [-0.15, -0.1) is 0 Å². The van der Waals surface area contributed by atoms with Gasteiger partial charge in [0.1, 0.15) is 0 Å². The summed E-state index contributed by atoms with van der Waals surface area (Å²) in [7, 11) is 0. The molecule has 0 atom stereocenters. The van der Waals surface area contributed by atoms with Crippen LogP contribution >= 0.6 is 0 Å². The fourth-order valence-corrected chi connectivity index (χ4v) is 3.28. The van der Waals surface area contributed by atoms with Gasteiger partial charge in [-0.25, -0.2) is 9.78 Å². The van der Waals surface area contributed by atoms with Crippen LogP contribution in [-0.4, -0.2) is 20.9 Å². The summed E-state index contributed by atoms with van der Waals surface area (Å²) >= 11 is 0. The summed E-state index contributed by atoms with van der Waals surface area (Å²) in [5, 5.41) is 19.1. The molecule has 1 aromatic heterocycles. The number of hydrogen-bond acceptors (Lipinski definition) is 6. The first-order valence-corrected chi connectivity index (χ1v) is 9.89. The van der Waals surface area contributed by atoms with E-state index >= 15 is 0 Å². The van der Waals surface area contributed by atoms with E-state index < -0.39 is 28.3 Å². The molecular weight excluding hydrogens is 469 g/mol. The molecule has 0 aliphatic heterocycles. The Bertz CT molecular complexity index is 1490. The third-order valence-corrected chi connectivity index (χ3v) is 4.84. The minimum atomic E-state index is -4.53. The number of nitrogens with zero attached hydrogens (tertiary/aromatic N) is 2. The zero-order valence-corrected chi connectivity index (χ0v) is 17.5. The van der Waals surface area contributed by atoms with Crippen LogP contribution in [0.2, 0.25) is 0 Å². The molecular formula is C22H15F3N6O4. The number of alkyl halides is 3. The van der Waals surface area contributed by atoms with Gasteiger partial charge in [0.05, 0.1) is 27.9 Å². The number of carbonyl (C=O) groups excluding carboxylic acids is 1. The van der Waals surface area contributed by atoms with E-state index in [1.165, 1.54) is 36.4 Å². The summed E-state index contributed by atoms with van der Waals surface area (Å²) in [4.78, 5) is 41.4. The molecule has 0 radical (unpaired) electrons. The lowest BCUT2D eigenvalue weighted by Gasteiger charge is -2.12. The predicted molar refractivity (Wildman–Crippen MR) is 123 cm³/mol. The molecule has 0 spiro atoms. The minimum Gasteiger partial charge on any atom is -0.355 e. The molecule has 0 bridgehead atoms. The zero-order valence-electron chi connectivity index (χ0n) is 17.5. The van der Waals surface area contributed by atoms with E-state index in [0.717, 1.165) is 18.5 Å². The molecule has 4 rings (SSSR count). The number of nitro benzene ring substituents is 1. The number of amides is 2. The zero-order chi connectivity index (χ0) is 25.2. The first-order valence-electron chi connectivity index (χ1n) is 9.89. The predicted octanol–water partition coefficient (Wildman–Crippen LogP) is 5.24. The van der Waals surface area contributed by atoms with Gasteiger partial charge in [0, 0.05) is 23.1 Å². The van der Waals surface area contributed by atoms with Crippen LogP contribution < -0.4 is 21.5 Å². The SMILES string of the molecule is O=C(Nc1ccc(Nc2ccc([N+](=O)[O-])c3nc[nH]c(=O)c23)cc1)Nc1cccc(C(F)(F)F)c1. The van der Waals surface area contributed by atoms with E-state index in [9.17, 15) is 32.9 Å². The van der Waals surface area contributed by atoms with Crippen LogP contribution in [0.25, 0.3) is 10.9 Å². The highest BCUT2D eigenvalue weighted by Gasteiger charge is 2.30. The number of nitrogens with one attached hydrogen (secondary N) is 4. The van der Waals surface area contributed by atoms with Gasteiger partial charge in [-0.3, -0.25) is 14.9 Å². The van der Waals surface area contributed by atoms with Crippen LogP contribution in [0.3, 0.4) is 0 Å². The number of aromatic nitrogens is 2. The van der Waals surface area contributed by atoms with Gasteiger partial charge in [-0.1, -0.05) is 6.07 Å². The van der Waals surface area contributed by atoms with Gasteiger partial charge in [-0.05, 0) is 48.5 Å². The van der Waals surface area contributed by atoms with Gasteiger partial charge in [-0.2, -0.15) is 13.2 Å². The van der Waals surface area contributed by atoms with Crippen molar-refractivity contribution in [3.63, 3.8) is 0 Å². The van der Waals surface area contributed by atoms with Gasteiger partial charge in [0.15, 0.2) is 5.52 Å². The van der Waals surface area contributed by atoms with Crippen LogP contribution in [-0.2, 0) is 6.18 Å². The smallest absolute Gasteiger partial charge is 0.355 e. The molecule has 178 valence electrons. The summed E-state index contributed by atoms with van der Waals surface area (Å²) in [6.07, 6.45) is -3.46. The van der Waals surface area contributed by atoms with Gasteiger partial charge in [0.25, 0.3) is 11.2 Å². The number of fused-ring (bicyclic) bond motifs is 1. The van der Waals surface area contributed by atoms with Crippen molar-refractivity contribution in [3.05, 3.63) is 93.0 Å². The lowest BCUT2D eigenvalue weighted by atomic mass is 10.1. The number of hydrogen-bond donors (Lipinski definition) is 4. The maximum Gasteiger partial charge on any atom is 0.416 e. The molecule has 3 aromatic carbocycles. The summed E-state index contributed by atoms with van der Waals surface area (Å²) in [5.74, 6) is 0. The maximum atomic E-state index is 12.8. The highest BCUT2D eigenvalue weighted by Crippen LogP contribution is 2.31. The van der Waals surface area contributed by atoms with Crippen molar-refractivity contribution >= 4 is 45.4 Å². The van der Waals surface area contributed by atoms with E-state index in [1.807, 2.05) is 0 Å². The largest absolute Gasteiger partial charge is 0.416 e. The van der Waals surface area contributed by atoms with E-state index in [0.29, 0.717) is 11.4 Å².